The first-order chi connectivity index (χ1) is 11.3. The summed E-state index contributed by atoms with van der Waals surface area (Å²) < 4.78 is 87.7. The minimum atomic E-state index is -6.62. The molecule has 1 aromatic heterocycles. The van der Waals surface area contributed by atoms with E-state index >= 15 is 0 Å². The monoisotopic (exact) mass is 373 g/mol. The molecule has 0 saturated heterocycles. The highest BCUT2D eigenvalue weighted by Crippen LogP contribution is 2.47. The first kappa shape index (κ1) is 20.4. The Morgan fingerprint density at radius 2 is 1.64 bits per heavy atom. The first-order valence-corrected chi connectivity index (χ1v) is 6.33. The Morgan fingerprint density at radius 1 is 1.04 bits per heavy atom. The van der Waals surface area contributed by atoms with Gasteiger partial charge in [0.15, 0.2) is 0 Å². The predicted molar refractivity (Wildman–Crippen MR) is 69.6 cm³/mol. The van der Waals surface area contributed by atoms with Crippen molar-refractivity contribution in [3.8, 4) is 0 Å². The Hall–Kier alpha value is -2.66. The minimum Gasteiger partial charge on any atom is -0.303 e. The van der Waals surface area contributed by atoms with Gasteiger partial charge in [0.1, 0.15) is 5.69 Å². The zero-order valence-electron chi connectivity index (χ0n) is 12.3. The normalized spacial score (nSPS) is 13.4. The van der Waals surface area contributed by atoms with Gasteiger partial charge < -0.3 is 5.43 Å². The highest BCUT2D eigenvalue weighted by atomic mass is 19.4. The van der Waals surface area contributed by atoms with E-state index in [4.69, 9.17) is 0 Å². The van der Waals surface area contributed by atoms with Gasteiger partial charge in [0.25, 0.3) is 5.91 Å². The number of aromatic nitrogens is 1. The quantitative estimate of drug-likeness (QED) is 0.457. The Bertz CT molecular complexity index is 672. The van der Waals surface area contributed by atoms with Crippen molar-refractivity contribution >= 4 is 11.7 Å². The lowest BCUT2D eigenvalue weighted by molar-refractivity contribution is -0.342. The highest BCUT2D eigenvalue weighted by Gasteiger charge is 2.75. The number of allylic oxidation sites excluding steroid dienone is 2. The number of nitrogens with one attached hydrogen (secondary N) is 2. The van der Waals surface area contributed by atoms with Crippen LogP contribution in [0.25, 0.3) is 0 Å². The number of halogens is 7. The molecule has 0 aliphatic carbocycles. The van der Waals surface area contributed by atoms with Gasteiger partial charge in [-0.05, 0) is 19.1 Å². The van der Waals surface area contributed by atoms with Crippen LogP contribution in [0.3, 0.4) is 0 Å². The molecule has 0 aliphatic heterocycles. The van der Waals surface area contributed by atoms with Crippen molar-refractivity contribution in [1.82, 2.24) is 15.8 Å². The molecular weight excluding hydrogens is 363 g/mol. The molecule has 138 valence electrons. The number of nitrogens with zero attached hydrogens (tertiary/aromatic N) is 1. The van der Waals surface area contributed by atoms with Crippen LogP contribution in [-0.4, -0.2) is 34.7 Å². The minimum absolute atomic E-state index is 0.108. The number of hydrogen-bond acceptors (Lipinski definition) is 4. The zero-order valence-corrected chi connectivity index (χ0v) is 12.3. The van der Waals surface area contributed by atoms with E-state index in [9.17, 15) is 40.3 Å². The van der Waals surface area contributed by atoms with Crippen molar-refractivity contribution < 1.29 is 40.3 Å². The number of hydrogen-bond donors (Lipinski definition) is 2. The number of carbonyl (C=O) groups excluding carboxylic acids is 2. The molecule has 0 spiro atoms. The summed E-state index contributed by atoms with van der Waals surface area (Å²) in [5, 5.41) is 0. The lowest BCUT2D eigenvalue weighted by atomic mass is 10.1. The molecule has 5 nitrogen and oxygen atoms in total. The fraction of sp³-hybridized carbons (Fsp3) is 0.308. The van der Waals surface area contributed by atoms with Gasteiger partial charge >= 0.3 is 18.0 Å². The van der Waals surface area contributed by atoms with Crippen LogP contribution in [0.15, 0.2) is 36.2 Å². The van der Waals surface area contributed by atoms with Crippen LogP contribution in [0.2, 0.25) is 0 Å². The lowest BCUT2D eigenvalue weighted by Gasteiger charge is -2.26. The van der Waals surface area contributed by atoms with E-state index in [1.807, 2.05) is 10.9 Å². The molecule has 0 aliphatic rings. The molecule has 12 heteroatoms. The second-order valence-electron chi connectivity index (χ2n) is 4.63. The number of alkyl halides is 7. The number of rotatable bonds is 6. The molecule has 25 heavy (non-hydrogen) atoms. The van der Waals surface area contributed by atoms with Crippen molar-refractivity contribution in [2.75, 3.05) is 0 Å². The standard InChI is InChI=1S/C13H10F7N3O2/c1-7(22-23-10(25)8-4-2-3-5-21-8)6-9(24)11(14,15)12(16,17)13(18,19)20/h2-6,22H,1H3,(H,23,25)/b7-6+. The van der Waals surface area contributed by atoms with E-state index in [-0.39, 0.29) is 11.8 Å². The Balaban J connectivity index is 2.81. The molecule has 0 fully saturated rings. The molecule has 1 rings (SSSR count). The summed E-state index contributed by atoms with van der Waals surface area (Å²) in [5.74, 6) is -16.2. The summed E-state index contributed by atoms with van der Waals surface area (Å²) in [4.78, 5) is 26.3. The van der Waals surface area contributed by atoms with Gasteiger partial charge in [-0.2, -0.15) is 30.7 Å². The fourth-order valence-electron chi connectivity index (χ4n) is 1.37. The average Bonchev–Trinajstić information content (AvgIpc) is 2.52. The van der Waals surface area contributed by atoms with E-state index in [1.54, 1.807) is 0 Å². The summed E-state index contributed by atoms with van der Waals surface area (Å²) >= 11 is 0. The largest absolute Gasteiger partial charge is 0.460 e. The second-order valence-corrected chi connectivity index (χ2v) is 4.63. The molecule has 1 amide bonds. The Labute approximate surface area is 135 Å². The Kier molecular flexibility index (Phi) is 5.76. The van der Waals surface area contributed by atoms with Gasteiger partial charge in [0.05, 0.1) is 0 Å². The molecule has 1 heterocycles. The van der Waals surface area contributed by atoms with Crippen LogP contribution < -0.4 is 10.9 Å². The smallest absolute Gasteiger partial charge is 0.303 e. The summed E-state index contributed by atoms with van der Waals surface area (Å²) in [6.45, 7) is 0.887. The Morgan fingerprint density at radius 3 is 2.12 bits per heavy atom. The van der Waals surface area contributed by atoms with Gasteiger partial charge in [-0.1, -0.05) is 6.07 Å². The average molecular weight is 373 g/mol. The summed E-state index contributed by atoms with van der Waals surface area (Å²) in [6, 6.07) is 4.23. The topological polar surface area (TPSA) is 71.1 Å². The number of hydrazine groups is 1. The van der Waals surface area contributed by atoms with Gasteiger partial charge in [-0.25, -0.2) is 0 Å². The predicted octanol–water partition coefficient (Wildman–Crippen LogP) is 2.62. The molecule has 2 N–H and O–H groups in total. The number of ketones is 1. The number of carbonyl (C=O) groups is 2. The maximum atomic E-state index is 13.1. The van der Waals surface area contributed by atoms with Crippen molar-refractivity contribution in [3.05, 3.63) is 41.9 Å². The van der Waals surface area contributed by atoms with Crippen molar-refractivity contribution in [2.45, 2.75) is 24.9 Å². The van der Waals surface area contributed by atoms with Gasteiger partial charge in [-0.3, -0.25) is 20.0 Å². The van der Waals surface area contributed by atoms with Crippen LogP contribution in [-0.2, 0) is 4.79 Å². The summed E-state index contributed by atoms with van der Waals surface area (Å²) in [6.07, 6.45) is -5.53. The van der Waals surface area contributed by atoms with Crippen LogP contribution in [0.1, 0.15) is 17.4 Å². The second kappa shape index (κ2) is 7.07. The molecule has 0 unspecified atom stereocenters. The van der Waals surface area contributed by atoms with E-state index in [2.05, 4.69) is 4.98 Å². The van der Waals surface area contributed by atoms with Crippen molar-refractivity contribution in [2.24, 2.45) is 0 Å². The first-order valence-electron chi connectivity index (χ1n) is 6.33. The van der Waals surface area contributed by atoms with E-state index in [0.717, 1.165) is 6.92 Å². The SMILES string of the molecule is C/C(=C\C(=O)C(F)(F)C(F)(F)C(F)(F)F)NNC(=O)c1ccccn1. The molecule has 0 bridgehead atoms. The van der Waals surface area contributed by atoms with Crippen molar-refractivity contribution in [3.63, 3.8) is 0 Å². The van der Waals surface area contributed by atoms with Gasteiger partial charge in [0, 0.05) is 18.0 Å². The molecular formula is C13H10F7N3O2. The number of amides is 1. The molecule has 0 atom stereocenters. The summed E-state index contributed by atoms with van der Waals surface area (Å²) in [7, 11) is 0. The maximum Gasteiger partial charge on any atom is 0.460 e. The van der Waals surface area contributed by atoms with E-state index in [1.165, 1.54) is 24.4 Å². The van der Waals surface area contributed by atoms with Gasteiger partial charge in [-0.15, -0.1) is 0 Å². The maximum absolute atomic E-state index is 13.1. The van der Waals surface area contributed by atoms with Crippen LogP contribution in [0.4, 0.5) is 30.7 Å². The highest BCUT2D eigenvalue weighted by molar-refractivity contribution is 5.97. The third kappa shape index (κ3) is 4.45. The van der Waals surface area contributed by atoms with Gasteiger partial charge in [0.2, 0.25) is 5.78 Å². The molecule has 0 saturated carbocycles. The van der Waals surface area contributed by atoms with Crippen LogP contribution in [0, 0.1) is 0 Å². The van der Waals surface area contributed by atoms with E-state index in [0.29, 0.717) is 0 Å². The summed E-state index contributed by atoms with van der Waals surface area (Å²) in [5.41, 5.74) is 3.10. The van der Waals surface area contributed by atoms with Crippen LogP contribution >= 0.6 is 0 Å². The molecule has 0 radical (unpaired) electrons. The fourth-order valence-corrected chi connectivity index (χ4v) is 1.37. The van der Waals surface area contributed by atoms with Crippen LogP contribution in [0.5, 0.6) is 0 Å². The number of pyridine rings is 1. The van der Waals surface area contributed by atoms with E-state index < -0.39 is 35.4 Å². The third-order valence-corrected chi connectivity index (χ3v) is 2.68. The third-order valence-electron chi connectivity index (χ3n) is 2.68. The zero-order chi connectivity index (χ0) is 19.5. The molecule has 0 aromatic carbocycles. The molecule has 1 aromatic rings. The lowest BCUT2D eigenvalue weighted by Crippen LogP contribution is -2.55. The van der Waals surface area contributed by atoms with Crippen molar-refractivity contribution in [1.29, 1.82) is 0 Å².